The third-order valence-electron chi connectivity index (χ3n) is 4.51. The third kappa shape index (κ3) is 4.89. The average molecular weight is 402 g/mol. The van der Waals surface area contributed by atoms with E-state index in [1.54, 1.807) is 31.4 Å². The molecule has 8 heteroatoms. The number of hydrogen-bond donors (Lipinski definition) is 1. The van der Waals surface area contributed by atoms with Gasteiger partial charge in [-0.1, -0.05) is 18.2 Å². The van der Waals surface area contributed by atoms with Crippen molar-refractivity contribution in [1.82, 2.24) is 10.2 Å². The Morgan fingerprint density at radius 2 is 2.00 bits per heavy atom. The molecule has 3 rings (SSSR count). The van der Waals surface area contributed by atoms with E-state index < -0.39 is 17.9 Å². The van der Waals surface area contributed by atoms with E-state index in [1.165, 1.54) is 16.2 Å². The van der Waals surface area contributed by atoms with Crippen LogP contribution in [-0.2, 0) is 20.9 Å². The molecular formula is C20H22N2O5S. The standard InChI is InChI=1S/C20H22N2O5S/c1-26-15-8-6-14(7-9-15)12-21-18(23)13-27-20(25)16-4-2-10-22(16)19(24)17-5-3-11-28-17/h3,5-9,11,16H,2,4,10,12-13H2,1H3,(H,21,23). The van der Waals surface area contributed by atoms with E-state index in [1.807, 2.05) is 17.5 Å². The van der Waals surface area contributed by atoms with Gasteiger partial charge in [0.2, 0.25) is 0 Å². The second kappa shape index (κ2) is 9.36. The molecule has 1 aliphatic heterocycles. The minimum Gasteiger partial charge on any atom is -0.497 e. The fraction of sp³-hybridized carbons (Fsp3) is 0.350. The maximum atomic E-state index is 12.5. The van der Waals surface area contributed by atoms with Crippen LogP contribution in [0.3, 0.4) is 0 Å². The topological polar surface area (TPSA) is 84.9 Å². The highest BCUT2D eigenvalue weighted by molar-refractivity contribution is 7.12. The summed E-state index contributed by atoms with van der Waals surface area (Å²) in [5.41, 5.74) is 0.906. The van der Waals surface area contributed by atoms with Crippen molar-refractivity contribution in [2.45, 2.75) is 25.4 Å². The lowest BCUT2D eigenvalue weighted by Gasteiger charge is -2.22. The molecule has 0 bridgehead atoms. The largest absolute Gasteiger partial charge is 0.497 e. The van der Waals surface area contributed by atoms with E-state index >= 15 is 0 Å². The highest BCUT2D eigenvalue weighted by Crippen LogP contribution is 2.23. The molecule has 0 radical (unpaired) electrons. The molecule has 1 aromatic carbocycles. The molecule has 148 valence electrons. The number of esters is 1. The number of ether oxygens (including phenoxy) is 2. The Hall–Kier alpha value is -2.87. The van der Waals surface area contributed by atoms with E-state index in [0.717, 1.165) is 17.7 Å². The monoisotopic (exact) mass is 402 g/mol. The van der Waals surface area contributed by atoms with Gasteiger partial charge in [-0.05, 0) is 42.0 Å². The summed E-state index contributed by atoms with van der Waals surface area (Å²) >= 11 is 1.34. The summed E-state index contributed by atoms with van der Waals surface area (Å²) in [5, 5.41) is 4.53. The number of thiophene rings is 1. The summed E-state index contributed by atoms with van der Waals surface area (Å²) in [6, 6.07) is 10.2. The van der Waals surface area contributed by atoms with Crippen molar-refractivity contribution in [3.8, 4) is 5.75 Å². The molecular weight excluding hydrogens is 380 g/mol. The smallest absolute Gasteiger partial charge is 0.329 e. The Labute approximate surface area is 167 Å². The molecule has 0 spiro atoms. The Morgan fingerprint density at radius 1 is 1.21 bits per heavy atom. The highest BCUT2D eigenvalue weighted by atomic mass is 32.1. The molecule has 7 nitrogen and oxygen atoms in total. The fourth-order valence-electron chi connectivity index (χ4n) is 3.02. The first-order valence-electron chi connectivity index (χ1n) is 8.99. The molecule has 0 saturated carbocycles. The minimum absolute atomic E-state index is 0.168. The summed E-state index contributed by atoms with van der Waals surface area (Å²) in [7, 11) is 1.59. The van der Waals surface area contributed by atoms with Crippen LogP contribution in [0.15, 0.2) is 41.8 Å². The van der Waals surface area contributed by atoms with Gasteiger partial charge < -0.3 is 19.7 Å². The van der Waals surface area contributed by atoms with E-state index in [4.69, 9.17) is 9.47 Å². The van der Waals surface area contributed by atoms with Gasteiger partial charge in [0.1, 0.15) is 11.8 Å². The Bertz CT molecular complexity index is 820. The second-order valence-corrected chi connectivity index (χ2v) is 7.31. The van der Waals surface area contributed by atoms with Crippen LogP contribution in [0.1, 0.15) is 28.1 Å². The van der Waals surface area contributed by atoms with Crippen molar-refractivity contribution in [2.24, 2.45) is 0 Å². The van der Waals surface area contributed by atoms with Gasteiger partial charge in [-0.2, -0.15) is 0 Å². The van der Waals surface area contributed by atoms with Crippen LogP contribution < -0.4 is 10.1 Å². The zero-order valence-corrected chi connectivity index (χ0v) is 16.4. The quantitative estimate of drug-likeness (QED) is 0.718. The second-order valence-electron chi connectivity index (χ2n) is 6.37. The van der Waals surface area contributed by atoms with Crippen LogP contribution in [-0.4, -0.2) is 49.0 Å². The predicted octanol–water partition coefficient (Wildman–Crippen LogP) is 2.22. The number of nitrogens with zero attached hydrogens (tertiary/aromatic N) is 1. The lowest BCUT2D eigenvalue weighted by atomic mass is 10.2. The maximum Gasteiger partial charge on any atom is 0.329 e. The first-order valence-corrected chi connectivity index (χ1v) is 9.87. The van der Waals surface area contributed by atoms with Crippen LogP contribution in [0.5, 0.6) is 5.75 Å². The Kier molecular flexibility index (Phi) is 6.65. The molecule has 2 amide bonds. The summed E-state index contributed by atoms with van der Waals surface area (Å²) in [5.74, 6) is -0.360. The van der Waals surface area contributed by atoms with Gasteiger partial charge in [-0.15, -0.1) is 11.3 Å². The summed E-state index contributed by atoms with van der Waals surface area (Å²) in [4.78, 5) is 39.0. The van der Waals surface area contributed by atoms with E-state index in [0.29, 0.717) is 24.4 Å². The highest BCUT2D eigenvalue weighted by Gasteiger charge is 2.36. The number of methoxy groups -OCH3 is 1. The van der Waals surface area contributed by atoms with E-state index in [-0.39, 0.29) is 12.5 Å². The van der Waals surface area contributed by atoms with Gasteiger partial charge in [0, 0.05) is 13.1 Å². The van der Waals surface area contributed by atoms with Gasteiger partial charge in [0.15, 0.2) is 6.61 Å². The molecule has 2 heterocycles. The van der Waals surface area contributed by atoms with Crippen molar-refractivity contribution in [1.29, 1.82) is 0 Å². The number of benzene rings is 1. The van der Waals surface area contributed by atoms with Crippen LogP contribution in [0, 0.1) is 0 Å². The number of hydrogen-bond acceptors (Lipinski definition) is 6. The summed E-state index contributed by atoms with van der Waals surface area (Å²) in [6.45, 7) is 0.472. The first kappa shape index (κ1) is 19.9. The van der Waals surface area contributed by atoms with Gasteiger partial charge in [-0.3, -0.25) is 9.59 Å². The molecule has 1 atom stereocenters. The van der Waals surface area contributed by atoms with Gasteiger partial charge in [0.05, 0.1) is 12.0 Å². The molecule has 1 fully saturated rings. The van der Waals surface area contributed by atoms with Crippen molar-refractivity contribution >= 4 is 29.1 Å². The number of likely N-dealkylation sites (tertiary alicyclic amines) is 1. The molecule has 0 aliphatic carbocycles. The third-order valence-corrected chi connectivity index (χ3v) is 5.37. The minimum atomic E-state index is -0.635. The van der Waals surface area contributed by atoms with Crippen LogP contribution in [0.25, 0.3) is 0 Å². The number of nitrogens with one attached hydrogen (secondary N) is 1. The van der Waals surface area contributed by atoms with Crippen molar-refractivity contribution in [3.63, 3.8) is 0 Å². The number of carbonyl (C=O) groups excluding carboxylic acids is 3. The SMILES string of the molecule is COc1ccc(CNC(=O)COC(=O)C2CCCN2C(=O)c2cccs2)cc1. The summed E-state index contributed by atoms with van der Waals surface area (Å²) < 4.78 is 10.2. The Morgan fingerprint density at radius 3 is 2.68 bits per heavy atom. The molecule has 28 heavy (non-hydrogen) atoms. The fourth-order valence-corrected chi connectivity index (χ4v) is 3.70. The zero-order valence-electron chi connectivity index (χ0n) is 15.6. The first-order chi connectivity index (χ1) is 13.6. The predicted molar refractivity (Wildman–Crippen MR) is 104 cm³/mol. The molecule has 1 unspecified atom stereocenters. The van der Waals surface area contributed by atoms with Crippen LogP contribution in [0.4, 0.5) is 0 Å². The number of carbonyl (C=O) groups is 3. The maximum absolute atomic E-state index is 12.5. The van der Waals surface area contributed by atoms with E-state index in [9.17, 15) is 14.4 Å². The number of rotatable bonds is 7. The molecule has 1 aromatic heterocycles. The Balaban J connectivity index is 1.46. The van der Waals surface area contributed by atoms with Crippen LogP contribution in [0.2, 0.25) is 0 Å². The van der Waals surface area contributed by atoms with Crippen LogP contribution >= 0.6 is 11.3 Å². The lowest BCUT2D eigenvalue weighted by molar-refractivity contribution is -0.152. The zero-order chi connectivity index (χ0) is 19.9. The average Bonchev–Trinajstić information content (AvgIpc) is 3.42. The normalized spacial score (nSPS) is 15.9. The van der Waals surface area contributed by atoms with Crippen molar-refractivity contribution in [3.05, 3.63) is 52.2 Å². The molecule has 1 saturated heterocycles. The van der Waals surface area contributed by atoms with Crippen molar-refractivity contribution < 1.29 is 23.9 Å². The van der Waals surface area contributed by atoms with Gasteiger partial charge in [-0.25, -0.2) is 4.79 Å². The molecule has 1 aliphatic rings. The summed E-state index contributed by atoms with van der Waals surface area (Å²) in [6.07, 6.45) is 1.28. The van der Waals surface area contributed by atoms with E-state index in [2.05, 4.69) is 5.32 Å². The number of amides is 2. The molecule has 2 aromatic rings. The lowest BCUT2D eigenvalue weighted by Crippen LogP contribution is -2.42. The molecule has 1 N–H and O–H groups in total. The van der Waals surface area contributed by atoms with Gasteiger partial charge in [0.25, 0.3) is 11.8 Å². The van der Waals surface area contributed by atoms with Crippen molar-refractivity contribution in [2.75, 3.05) is 20.3 Å². The van der Waals surface area contributed by atoms with Gasteiger partial charge >= 0.3 is 5.97 Å².